The van der Waals surface area contributed by atoms with E-state index < -0.39 is 0 Å². The smallest absolute Gasteiger partial charge is 0.129 e. The van der Waals surface area contributed by atoms with Crippen molar-refractivity contribution in [2.45, 2.75) is 38.1 Å². The van der Waals surface area contributed by atoms with Crippen LogP contribution in [0.15, 0.2) is 34.3 Å². The summed E-state index contributed by atoms with van der Waals surface area (Å²) >= 11 is 3.39. The summed E-state index contributed by atoms with van der Waals surface area (Å²) in [6.07, 6.45) is 7.86. The molecule has 0 saturated carbocycles. The predicted molar refractivity (Wildman–Crippen MR) is 72.2 cm³/mol. The van der Waals surface area contributed by atoms with E-state index in [0.717, 1.165) is 23.7 Å². The van der Waals surface area contributed by atoms with E-state index in [9.17, 15) is 4.39 Å². The molecule has 1 unspecified atom stereocenters. The first-order valence-corrected chi connectivity index (χ1v) is 6.88. The SMILES string of the molecule is NC(C1=CCCCCC1)c1c(F)cccc1Br. The molecule has 0 fully saturated rings. The first-order valence-electron chi connectivity index (χ1n) is 6.08. The van der Waals surface area contributed by atoms with Gasteiger partial charge in [-0.3, -0.25) is 0 Å². The summed E-state index contributed by atoms with van der Waals surface area (Å²) < 4.78 is 14.6. The Morgan fingerprint density at radius 2 is 2.06 bits per heavy atom. The molecule has 3 heteroatoms. The average Bonchev–Trinajstić information content (AvgIpc) is 2.57. The minimum atomic E-state index is -0.316. The van der Waals surface area contributed by atoms with Gasteiger partial charge in [0.05, 0.1) is 6.04 Å². The number of hydrogen-bond acceptors (Lipinski definition) is 1. The first kappa shape index (κ1) is 12.8. The van der Waals surface area contributed by atoms with Crippen molar-refractivity contribution in [1.82, 2.24) is 0 Å². The fourth-order valence-electron chi connectivity index (χ4n) is 2.32. The molecule has 0 radical (unpaired) electrons. The number of rotatable bonds is 2. The van der Waals surface area contributed by atoms with Gasteiger partial charge in [-0.15, -0.1) is 0 Å². The first-order chi connectivity index (χ1) is 8.20. The maximum absolute atomic E-state index is 13.8. The van der Waals surface area contributed by atoms with E-state index in [-0.39, 0.29) is 11.9 Å². The van der Waals surface area contributed by atoms with Crippen molar-refractivity contribution < 1.29 is 4.39 Å². The van der Waals surface area contributed by atoms with Crippen LogP contribution in [0.5, 0.6) is 0 Å². The number of benzene rings is 1. The molecule has 2 N–H and O–H groups in total. The maximum Gasteiger partial charge on any atom is 0.129 e. The summed E-state index contributed by atoms with van der Waals surface area (Å²) in [6.45, 7) is 0. The Balaban J connectivity index is 2.29. The summed E-state index contributed by atoms with van der Waals surface area (Å²) in [6, 6.07) is 4.69. The summed E-state index contributed by atoms with van der Waals surface area (Å²) in [4.78, 5) is 0. The lowest BCUT2D eigenvalue weighted by Crippen LogP contribution is -2.15. The van der Waals surface area contributed by atoms with Gasteiger partial charge in [-0.1, -0.05) is 40.1 Å². The van der Waals surface area contributed by atoms with Gasteiger partial charge in [0, 0.05) is 10.0 Å². The van der Waals surface area contributed by atoms with Gasteiger partial charge in [-0.05, 0) is 37.8 Å². The lowest BCUT2D eigenvalue weighted by molar-refractivity contribution is 0.590. The van der Waals surface area contributed by atoms with Gasteiger partial charge >= 0.3 is 0 Å². The molecule has 0 heterocycles. The third-order valence-corrected chi connectivity index (χ3v) is 3.98. The molecular formula is C14H17BrFN. The molecule has 1 aromatic carbocycles. The number of hydrogen-bond donors (Lipinski definition) is 1. The van der Waals surface area contributed by atoms with Crippen LogP contribution in [0.4, 0.5) is 4.39 Å². The van der Waals surface area contributed by atoms with E-state index in [2.05, 4.69) is 22.0 Å². The van der Waals surface area contributed by atoms with Crippen LogP contribution in [0.3, 0.4) is 0 Å². The second-order valence-electron chi connectivity index (χ2n) is 4.49. The Hall–Kier alpha value is -0.670. The molecule has 2 rings (SSSR count). The van der Waals surface area contributed by atoms with Crippen LogP contribution in [0.25, 0.3) is 0 Å². The molecule has 0 bridgehead atoms. The van der Waals surface area contributed by atoms with Gasteiger partial charge in [0.2, 0.25) is 0 Å². The van der Waals surface area contributed by atoms with Gasteiger partial charge in [0.15, 0.2) is 0 Å². The third-order valence-electron chi connectivity index (χ3n) is 3.29. The summed E-state index contributed by atoms with van der Waals surface area (Å²) in [7, 11) is 0. The summed E-state index contributed by atoms with van der Waals surface area (Å²) in [5.74, 6) is -0.225. The summed E-state index contributed by atoms with van der Waals surface area (Å²) in [5, 5.41) is 0. The Morgan fingerprint density at radius 1 is 1.24 bits per heavy atom. The molecule has 0 aromatic heterocycles. The molecular weight excluding hydrogens is 281 g/mol. The zero-order chi connectivity index (χ0) is 12.3. The highest BCUT2D eigenvalue weighted by atomic mass is 79.9. The molecule has 1 nitrogen and oxygen atoms in total. The van der Waals surface area contributed by atoms with Crippen LogP contribution >= 0.6 is 15.9 Å². The van der Waals surface area contributed by atoms with Gasteiger partial charge in [-0.2, -0.15) is 0 Å². The van der Waals surface area contributed by atoms with Crippen molar-refractivity contribution in [1.29, 1.82) is 0 Å². The van der Waals surface area contributed by atoms with E-state index in [1.54, 1.807) is 6.07 Å². The molecule has 92 valence electrons. The molecule has 17 heavy (non-hydrogen) atoms. The van der Waals surface area contributed by atoms with Crippen LogP contribution in [-0.4, -0.2) is 0 Å². The van der Waals surface area contributed by atoms with Crippen molar-refractivity contribution in [2.75, 3.05) is 0 Å². The molecule has 1 aliphatic carbocycles. The van der Waals surface area contributed by atoms with E-state index >= 15 is 0 Å². The van der Waals surface area contributed by atoms with E-state index in [1.807, 2.05) is 6.07 Å². The molecule has 1 atom stereocenters. The Kier molecular flexibility index (Phi) is 4.35. The quantitative estimate of drug-likeness (QED) is 0.800. The topological polar surface area (TPSA) is 26.0 Å². The second kappa shape index (κ2) is 5.78. The van der Waals surface area contributed by atoms with Crippen LogP contribution in [0.2, 0.25) is 0 Å². The lowest BCUT2D eigenvalue weighted by atomic mass is 9.95. The van der Waals surface area contributed by atoms with Gasteiger partial charge < -0.3 is 5.73 Å². The van der Waals surface area contributed by atoms with Gasteiger partial charge in [-0.25, -0.2) is 4.39 Å². The zero-order valence-corrected chi connectivity index (χ0v) is 11.3. The van der Waals surface area contributed by atoms with Gasteiger partial charge in [0.1, 0.15) is 5.82 Å². The molecule has 0 amide bonds. The van der Waals surface area contributed by atoms with Crippen molar-refractivity contribution in [3.8, 4) is 0 Å². The molecule has 1 aliphatic rings. The molecule has 0 spiro atoms. The molecule has 0 aliphatic heterocycles. The van der Waals surface area contributed by atoms with Crippen molar-refractivity contribution in [3.63, 3.8) is 0 Å². The molecule has 0 saturated heterocycles. The highest BCUT2D eigenvalue weighted by Gasteiger charge is 2.19. The second-order valence-corrected chi connectivity index (χ2v) is 5.35. The van der Waals surface area contributed by atoms with Crippen LogP contribution in [-0.2, 0) is 0 Å². The monoisotopic (exact) mass is 297 g/mol. The number of nitrogens with two attached hydrogens (primary N) is 1. The fraction of sp³-hybridized carbons (Fsp3) is 0.429. The predicted octanol–water partition coefficient (Wildman–Crippen LogP) is 4.48. The number of allylic oxidation sites excluding steroid dienone is 1. The van der Waals surface area contributed by atoms with E-state index in [1.165, 1.54) is 24.5 Å². The zero-order valence-electron chi connectivity index (χ0n) is 9.76. The van der Waals surface area contributed by atoms with Gasteiger partial charge in [0.25, 0.3) is 0 Å². The Morgan fingerprint density at radius 3 is 2.82 bits per heavy atom. The van der Waals surface area contributed by atoms with E-state index in [0.29, 0.717) is 5.56 Å². The van der Waals surface area contributed by atoms with E-state index in [4.69, 9.17) is 5.73 Å². The largest absolute Gasteiger partial charge is 0.320 e. The minimum Gasteiger partial charge on any atom is -0.320 e. The third kappa shape index (κ3) is 2.96. The van der Waals surface area contributed by atoms with Crippen LogP contribution in [0, 0.1) is 5.82 Å². The maximum atomic E-state index is 13.8. The van der Waals surface area contributed by atoms with Crippen molar-refractivity contribution in [3.05, 3.63) is 45.7 Å². The summed E-state index contributed by atoms with van der Waals surface area (Å²) in [5.41, 5.74) is 7.96. The van der Waals surface area contributed by atoms with Crippen molar-refractivity contribution >= 4 is 15.9 Å². The van der Waals surface area contributed by atoms with Crippen LogP contribution in [0.1, 0.15) is 43.7 Å². The standard InChI is InChI=1S/C14H17BrFN/c15-11-8-5-9-12(16)13(11)14(17)10-6-3-1-2-4-7-10/h5-6,8-9,14H,1-4,7,17H2. The highest BCUT2D eigenvalue weighted by Crippen LogP contribution is 2.32. The normalized spacial score (nSPS) is 18.4. The van der Waals surface area contributed by atoms with Crippen LogP contribution < -0.4 is 5.73 Å². The minimum absolute atomic E-state index is 0.225. The molecule has 1 aromatic rings. The fourth-order valence-corrected chi connectivity index (χ4v) is 2.90. The Bertz CT molecular complexity index is 408. The van der Waals surface area contributed by atoms with Crippen molar-refractivity contribution in [2.24, 2.45) is 5.73 Å². The highest BCUT2D eigenvalue weighted by molar-refractivity contribution is 9.10. The Labute approximate surface area is 110 Å². The average molecular weight is 298 g/mol. The lowest BCUT2D eigenvalue weighted by Gasteiger charge is -2.18. The number of halogens is 2.